The molecule has 5 nitrogen and oxygen atoms in total. The SMILES string of the molecule is COc1cccc(C(C)Nc2cc(-c3cccc(OC)c3Cl)nc(C)n2)c1. The molecule has 1 heterocycles. The number of halogens is 1. The zero-order valence-electron chi connectivity index (χ0n) is 15.8. The van der Waals surface area contributed by atoms with Gasteiger partial charge in [0.05, 0.1) is 31.0 Å². The number of hydrogen-bond acceptors (Lipinski definition) is 5. The highest BCUT2D eigenvalue weighted by atomic mass is 35.5. The maximum absolute atomic E-state index is 6.46. The summed E-state index contributed by atoms with van der Waals surface area (Å²) >= 11 is 6.46. The molecular formula is C21H22ClN3O2. The summed E-state index contributed by atoms with van der Waals surface area (Å²) in [6, 6.07) is 15.5. The molecule has 0 aliphatic heterocycles. The van der Waals surface area contributed by atoms with Crippen molar-refractivity contribution in [2.45, 2.75) is 19.9 Å². The van der Waals surface area contributed by atoms with E-state index in [2.05, 4.69) is 22.2 Å². The lowest BCUT2D eigenvalue weighted by Crippen LogP contribution is -2.09. The average molecular weight is 384 g/mol. The van der Waals surface area contributed by atoms with Crippen LogP contribution < -0.4 is 14.8 Å². The number of methoxy groups -OCH3 is 2. The van der Waals surface area contributed by atoms with E-state index in [0.29, 0.717) is 16.6 Å². The fourth-order valence-electron chi connectivity index (χ4n) is 2.86. The molecular weight excluding hydrogens is 362 g/mol. The molecule has 0 saturated heterocycles. The van der Waals surface area contributed by atoms with E-state index >= 15 is 0 Å². The number of benzene rings is 2. The van der Waals surface area contributed by atoms with Crippen LogP contribution in [0.15, 0.2) is 48.5 Å². The second-order valence-electron chi connectivity index (χ2n) is 6.15. The monoisotopic (exact) mass is 383 g/mol. The van der Waals surface area contributed by atoms with Crippen LogP contribution in [0.2, 0.25) is 5.02 Å². The van der Waals surface area contributed by atoms with Gasteiger partial charge in [-0.3, -0.25) is 0 Å². The third-order valence-electron chi connectivity index (χ3n) is 4.26. The first-order chi connectivity index (χ1) is 13.0. The number of aromatic nitrogens is 2. The van der Waals surface area contributed by atoms with Crippen LogP contribution in [0.5, 0.6) is 11.5 Å². The Morgan fingerprint density at radius 1 is 1.00 bits per heavy atom. The van der Waals surface area contributed by atoms with Crippen LogP contribution in [-0.2, 0) is 0 Å². The molecule has 1 atom stereocenters. The summed E-state index contributed by atoms with van der Waals surface area (Å²) in [5.41, 5.74) is 2.65. The van der Waals surface area contributed by atoms with Crippen molar-refractivity contribution in [2.24, 2.45) is 0 Å². The summed E-state index contributed by atoms with van der Waals surface area (Å²) in [5.74, 6) is 2.83. The number of rotatable bonds is 6. The second kappa shape index (κ2) is 8.27. The summed E-state index contributed by atoms with van der Waals surface area (Å²) in [5, 5.41) is 3.96. The lowest BCUT2D eigenvalue weighted by Gasteiger charge is -2.17. The van der Waals surface area contributed by atoms with Gasteiger partial charge in [0.1, 0.15) is 23.1 Å². The Morgan fingerprint density at radius 3 is 2.52 bits per heavy atom. The largest absolute Gasteiger partial charge is 0.497 e. The number of hydrogen-bond donors (Lipinski definition) is 1. The molecule has 27 heavy (non-hydrogen) atoms. The molecule has 140 valence electrons. The molecule has 0 radical (unpaired) electrons. The van der Waals surface area contributed by atoms with Crippen molar-refractivity contribution in [2.75, 3.05) is 19.5 Å². The highest BCUT2D eigenvalue weighted by Crippen LogP contribution is 2.35. The Labute approximate surface area is 164 Å². The molecule has 1 aromatic heterocycles. The van der Waals surface area contributed by atoms with Gasteiger partial charge in [-0.2, -0.15) is 0 Å². The van der Waals surface area contributed by atoms with E-state index in [1.54, 1.807) is 14.2 Å². The topological polar surface area (TPSA) is 56.3 Å². The molecule has 0 saturated carbocycles. The Kier molecular flexibility index (Phi) is 5.81. The standard InChI is InChI=1S/C21H22ClN3O2/c1-13(15-7-5-8-16(11-15)26-3)23-20-12-18(24-14(2)25-20)17-9-6-10-19(27-4)21(17)22/h5-13H,1-4H3,(H,23,24,25). The van der Waals surface area contributed by atoms with Crippen LogP contribution in [0.4, 0.5) is 5.82 Å². The quantitative estimate of drug-likeness (QED) is 0.626. The third kappa shape index (κ3) is 4.31. The zero-order valence-corrected chi connectivity index (χ0v) is 16.5. The average Bonchev–Trinajstić information content (AvgIpc) is 2.67. The zero-order chi connectivity index (χ0) is 19.4. The summed E-state index contributed by atoms with van der Waals surface area (Å²) in [4.78, 5) is 9.05. The summed E-state index contributed by atoms with van der Waals surface area (Å²) < 4.78 is 10.6. The smallest absolute Gasteiger partial charge is 0.138 e. The molecule has 0 aliphatic rings. The summed E-state index contributed by atoms with van der Waals surface area (Å²) in [6.07, 6.45) is 0. The van der Waals surface area contributed by atoms with E-state index < -0.39 is 0 Å². The second-order valence-corrected chi connectivity index (χ2v) is 6.53. The number of ether oxygens (including phenoxy) is 2. The minimum atomic E-state index is 0.0445. The molecule has 0 spiro atoms. The fourth-order valence-corrected chi connectivity index (χ4v) is 3.16. The van der Waals surface area contributed by atoms with Crippen molar-refractivity contribution in [3.63, 3.8) is 0 Å². The normalized spacial score (nSPS) is 11.7. The molecule has 0 amide bonds. The van der Waals surface area contributed by atoms with E-state index in [0.717, 1.165) is 28.4 Å². The van der Waals surface area contributed by atoms with E-state index in [9.17, 15) is 0 Å². The summed E-state index contributed by atoms with van der Waals surface area (Å²) in [7, 11) is 3.26. The van der Waals surface area contributed by atoms with Crippen molar-refractivity contribution in [1.82, 2.24) is 9.97 Å². The van der Waals surface area contributed by atoms with E-state index in [1.807, 2.05) is 55.5 Å². The molecule has 0 bridgehead atoms. The Morgan fingerprint density at radius 2 is 1.78 bits per heavy atom. The van der Waals surface area contributed by atoms with Crippen molar-refractivity contribution in [3.05, 3.63) is 64.9 Å². The molecule has 1 N–H and O–H groups in total. The Bertz CT molecular complexity index is 946. The van der Waals surface area contributed by atoms with Gasteiger partial charge in [-0.15, -0.1) is 0 Å². The molecule has 3 aromatic rings. The van der Waals surface area contributed by atoms with Crippen LogP contribution in [0.25, 0.3) is 11.3 Å². The molecule has 0 aliphatic carbocycles. The molecule has 6 heteroatoms. The first kappa shape index (κ1) is 19.0. The van der Waals surface area contributed by atoms with Gasteiger partial charge in [0, 0.05) is 11.6 Å². The van der Waals surface area contributed by atoms with Crippen LogP contribution in [0.3, 0.4) is 0 Å². The van der Waals surface area contributed by atoms with Gasteiger partial charge in [0.25, 0.3) is 0 Å². The molecule has 0 fully saturated rings. The van der Waals surface area contributed by atoms with Crippen molar-refractivity contribution >= 4 is 17.4 Å². The van der Waals surface area contributed by atoms with Crippen LogP contribution in [0.1, 0.15) is 24.4 Å². The predicted molar refractivity (Wildman–Crippen MR) is 109 cm³/mol. The van der Waals surface area contributed by atoms with E-state index in [-0.39, 0.29) is 6.04 Å². The number of nitrogens with one attached hydrogen (secondary N) is 1. The van der Waals surface area contributed by atoms with Crippen molar-refractivity contribution < 1.29 is 9.47 Å². The maximum Gasteiger partial charge on any atom is 0.138 e. The highest BCUT2D eigenvalue weighted by Gasteiger charge is 2.13. The predicted octanol–water partition coefficient (Wildman–Crippen LogP) is 5.30. The molecule has 1 unspecified atom stereocenters. The van der Waals surface area contributed by atoms with Crippen LogP contribution in [0, 0.1) is 6.92 Å². The third-order valence-corrected chi connectivity index (χ3v) is 4.65. The Hall–Kier alpha value is -2.79. The van der Waals surface area contributed by atoms with E-state index in [4.69, 9.17) is 21.1 Å². The van der Waals surface area contributed by atoms with Gasteiger partial charge < -0.3 is 14.8 Å². The Balaban J connectivity index is 1.92. The summed E-state index contributed by atoms with van der Waals surface area (Å²) in [6.45, 7) is 3.93. The molecule has 3 rings (SSSR count). The van der Waals surface area contributed by atoms with E-state index in [1.165, 1.54) is 0 Å². The fraction of sp³-hybridized carbons (Fsp3) is 0.238. The first-order valence-electron chi connectivity index (χ1n) is 8.61. The van der Waals surface area contributed by atoms with Gasteiger partial charge in [-0.05, 0) is 37.6 Å². The minimum absolute atomic E-state index is 0.0445. The van der Waals surface area contributed by atoms with Crippen molar-refractivity contribution in [3.8, 4) is 22.8 Å². The van der Waals surface area contributed by atoms with Gasteiger partial charge >= 0.3 is 0 Å². The lowest BCUT2D eigenvalue weighted by atomic mass is 10.1. The van der Waals surface area contributed by atoms with Gasteiger partial charge in [-0.25, -0.2) is 9.97 Å². The first-order valence-corrected chi connectivity index (χ1v) is 8.98. The van der Waals surface area contributed by atoms with Crippen molar-refractivity contribution in [1.29, 1.82) is 0 Å². The number of nitrogens with zero attached hydrogens (tertiary/aromatic N) is 2. The van der Waals surface area contributed by atoms with Gasteiger partial charge in [-0.1, -0.05) is 35.9 Å². The van der Waals surface area contributed by atoms with Gasteiger partial charge in [0.2, 0.25) is 0 Å². The number of anilines is 1. The molecule has 2 aromatic carbocycles. The van der Waals surface area contributed by atoms with Crippen LogP contribution >= 0.6 is 11.6 Å². The highest BCUT2D eigenvalue weighted by molar-refractivity contribution is 6.34. The number of aryl methyl sites for hydroxylation is 1. The van der Waals surface area contributed by atoms with Gasteiger partial charge in [0.15, 0.2) is 0 Å². The maximum atomic E-state index is 6.46. The minimum Gasteiger partial charge on any atom is -0.497 e. The van der Waals surface area contributed by atoms with Crippen LogP contribution in [-0.4, -0.2) is 24.2 Å². The lowest BCUT2D eigenvalue weighted by molar-refractivity contribution is 0.414.